The molecule has 0 N–H and O–H groups in total. The number of nitrogens with zero attached hydrogens (tertiary/aromatic N) is 3. The van der Waals surface area contributed by atoms with Crippen LogP contribution < -0.4 is 4.90 Å². The average Bonchev–Trinajstić information content (AvgIpc) is 2.81. The van der Waals surface area contributed by atoms with Gasteiger partial charge in [-0.1, -0.05) is 46.9 Å². The molecule has 0 aliphatic carbocycles. The second-order valence-corrected chi connectivity index (χ2v) is 11.7. The number of halogens is 3. The van der Waals surface area contributed by atoms with Gasteiger partial charge < -0.3 is 9.80 Å². The lowest BCUT2D eigenvalue weighted by atomic mass is 9.97. The number of anilines is 1. The van der Waals surface area contributed by atoms with Crippen LogP contribution >= 0.6 is 34.8 Å². The number of amides is 1. The fraction of sp³-hybridized carbons (Fsp3) is 0.435. The Hall–Kier alpha value is -1.51. The van der Waals surface area contributed by atoms with Crippen LogP contribution in [0.15, 0.2) is 42.5 Å². The first-order valence-electron chi connectivity index (χ1n) is 10.9. The Balaban J connectivity index is 1.36. The molecule has 4 rings (SSSR count). The Morgan fingerprint density at radius 3 is 2.39 bits per heavy atom. The highest BCUT2D eigenvalue weighted by atomic mass is 35.5. The second kappa shape index (κ2) is 10.4. The highest BCUT2D eigenvalue weighted by Crippen LogP contribution is 2.27. The summed E-state index contributed by atoms with van der Waals surface area (Å²) in [5, 5.41) is 1.40. The number of carbonyl (C=O) groups excluding carboxylic acids is 1. The predicted molar refractivity (Wildman–Crippen MR) is 134 cm³/mol. The number of benzene rings is 2. The van der Waals surface area contributed by atoms with Gasteiger partial charge in [-0.15, -0.1) is 0 Å². The largest absolute Gasteiger partial charge is 0.368 e. The van der Waals surface area contributed by atoms with E-state index in [-0.39, 0.29) is 24.1 Å². The number of sulfonamides is 1. The molecular weight excluding hydrogens is 505 g/mol. The summed E-state index contributed by atoms with van der Waals surface area (Å²) in [4.78, 5) is 17.3. The number of carbonyl (C=O) groups is 1. The lowest BCUT2D eigenvalue weighted by Gasteiger charge is -2.39. The highest BCUT2D eigenvalue weighted by molar-refractivity contribution is 7.88. The van der Waals surface area contributed by atoms with Gasteiger partial charge in [-0.25, -0.2) is 12.7 Å². The number of piperazine rings is 1. The van der Waals surface area contributed by atoms with Crippen molar-refractivity contribution in [1.82, 2.24) is 9.21 Å². The maximum absolute atomic E-state index is 13.2. The molecule has 2 saturated heterocycles. The summed E-state index contributed by atoms with van der Waals surface area (Å²) in [5.41, 5.74) is 1.63. The highest BCUT2D eigenvalue weighted by Gasteiger charge is 2.35. The summed E-state index contributed by atoms with van der Waals surface area (Å²) in [6.45, 7) is 3.30. The van der Waals surface area contributed by atoms with E-state index in [4.69, 9.17) is 34.8 Å². The third-order valence-electron chi connectivity index (χ3n) is 6.22. The van der Waals surface area contributed by atoms with Gasteiger partial charge in [-0.3, -0.25) is 4.79 Å². The van der Waals surface area contributed by atoms with Crippen molar-refractivity contribution in [1.29, 1.82) is 0 Å². The van der Waals surface area contributed by atoms with Crippen LogP contribution in [0.1, 0.15) is 18.4 Å². The van der Waals surface area contributed by atoms with Crippen molar-refractivity contribution < 1.29 is 13.2 Å². The summed E-state index contributed by atoms with van der Waals surface area (Å²) < 4.78 is 27.5. The molecule has 2 aliphatic rings. The Bertz CT molecular complexity index is 1120. The maximum Gasteiger partial charge on any atom is 0.227 e. The molecular formula is C23H26Cl3N3O3S. The molecule has 10 heteroatoms. The topological polar surface area (TPSA) is 60.9 Å². The van der Waals surface area contributed by atoms with Gasteiger partial charge in [-0.2, -0.15) is 0 Å². The molecule has 0 unspecified atom stereocenters. The fourth-order valence-corrected chi connectivity index (χ4v) is 6.55. The molecule has 2 heterocycles. The van der Waals surface area contributed by atoms with E-state index < -0.39 is 10.0 Å². The quantitative estimate of drug-likeness (QED) is 0.570. The Morgan fingerprint density at radius 2 is 1.70 bits per heavy atom. The van der Waals surface area contributed by atoms with Crippen molar-refractivity contribution >= 4 is 56.4 Å². The Kier molecular flexibility index (Phi) is 7.76. The smallest absolute Gasteiger partial charge is 0.227 e. The van der Waals surface area contributed by atoms with E-state index in [9.17, 15) is 13.2 Å². The first kappa shape index (κ1) is 24.6. The van der Waals surface area contributed by atoms with E-state index in [1.165, 1.54) is 4.31 Å². The van der Waals surface area contributed by atoms with Crippen LogP contribution in [0.4, 0.5) is 5.69 Å². The molecule has 1 amide bonds. The van der Waals surface area contributed by atoms with Gasteiger partial charge in [0, 0.05) is 50.0 Å². The van der Waals surface area contributed by atoms with E-state index >= 15 is 0 Å². The van der Waals surface area contributed by atoms with Crippen LogP contribution in [0.2, 0.25) is 15.1 Å². The van der Waals surface area contributed by atoms with Crippen molar-refractivity contribution in [2.45, 2.75) is 18.6 Å². The monoisotopic (exact) mass is 529 g/mol. The SMILES string of the molecule is O=C([C@@H]1CCCN(S(=O)(=O)Cc2ccc(Cl)c(Cl)c2)C1)N1CCN(c2cccc(Cl)c2)CC1. The number of hydrogen-bond donors (Lipinski definition) is 0. The number of piperidine rings is 1. The number of rotatable bonds is 5. The lowest BCUT2D eigenvalue weighted by Crippen LogP contribution is -2.53. The van der Waals surface area contributed by atoms with Crippen LogP contribution in [0.3, 0.4) is 0 Å². The average molecular weight is 531 g/mol. The second-order valence-electron chi connectivity index (χ2n) is 8.49. The van der Waals surface area contributed by atoms with E-state index in [2.05, 4.69) is 4.90 Å². The molecule has 2 aromatic carbocycles. The van der Waals surface area contributed by atoms with Crippen molar-refractivity contribution in [2.24, 2.45) is 5.92 Å². The molecule has 0 saturated carbocycles. The Morgan fingerprint density at radius 1 is 0.939 bits per heavy atom. The summed E-state index contributed by atoms with van der Waals surface area (Å²) in [6.07, 6.45) is 1.37. The minimum atomic E-state index is -3.57. The summed E-state index contributed by atoms with van der Waals surface area (Å²) in [6, 6.07) is 12.5. The molecule has 6 nitrogen and oxygen atoms in total. The molecule has 0 aromatic heterocycles. The molecule has 1 atom stereocenters. The molecule has 0 spiro atoms. The first-order valence-corrected chi connectivity index (χ1v) is 13.7. The normalized spacial score (nSPS) is 20.2. The summed E-state index contributed by atoms with van der Waals surface area (Å²) in [7, 11) is -3.57. The van der Waals surface area contributed by atoms with Gasteiger partial charge in [0.2, 0.25) is 15.9 Å². The molecule has 178 valence electrons. The van der Waals surface area contributed by atoms with Gasteiger partial charge in [0.25, 0.3) is 0 Å². The first-order chi connectivity index (χ1) is 15.7. The van der Waals surface area contributed by atoms with Crippen LogP contribution in [0.25, 0.3) is 0 Å². The van der Waals surface area contributed by atoms with Crippen LogP contribution in [0.5, 0.6) is 0 Å². The molecule has 2 aliphatic heterocycles. The van der Waals surface area contributed by atoms with Crippen molar-refractivity contribution in [3.8, 4) is 0 Å². The number of hydrogen-bond acceptors (Lipinski definition) is 4. The zero-order valence-corrected chi connectivity index (χ0v) is 21.2. The Labute approximate surface area is 210 Å². The third-order valence-corrected chi connectivity index (χ3v) is 9.02. The van der Waals surface area contributed by atoms with Crippen LogP contribution in [-0.4, -0.2) is 62.8 Å². The summed E-state index contributed by atoms with van der Waals surface area (Å²) >= 11 is 18.1. The van der Waals surface area contributed by atoms with E-state index in [1.807, 2.05) is 29.2 Å². The van der Waals surface area contributed by atoms with Gasteiger partial charge in [0.05, 0.1) is 21.7 Å². The van der Waals surface area contributed by atoms with Gasteiger partial charge >= 0.3 is 0 Å². The van der Waals surface area contributed by atoms with Crippen molar-refractivity contribution in [2.75, 3.05) is 44.2 Å². The molecule has 2 fully saturated rings. The van der Waals surface area contributed by atoms with Crippen molar-refractivity contribution in [3.05, 3.63) is 63.1 Å². The van der Waals surface area contributed by atoms with E-state index in [0.29, 0.717) is 53.1 Å². The zero-order valence-electron chi connectivity index (χ0n) is 18.1. The molecule has 0 radical (unpaired) electrons. The van der Waals surface area contributed by atoms with Crippen molar-refractivity contribution in [3.63, 3.8) is 0 Å². The minimum absolute atomic E-state index is 0.0372. The summed E-state index contributed by atoms with van der Waals surface area (Å²) in [5.74, 6) is -0.446. The van der Waals surface area contributed by atoms with Crippen LogP contribution in [0, 0.1) is 5.92 Å². The predicted octanol–water partition coefficient (Wildman–Crippen LogP) is 4.54. The van der Waals surface area contributed by atoms with Gasteiger partial charge in [0.15, 0.2) is 0 Å². The lowest BCUT2D eigenvalue weighted by molar-refractivity contribution is -0.137. The molecule has 2 aromatic rings. The molecule has 0 bridgehead atoms. The fourth-order valence-electron chi connectivity index (χ4n) is 4.44. The zero-order chi connectivity index (χ0) is 23.6. The van der Waals surface area contributed by atoms with Crippen LogP contribution in [-0.2, 0) is 20.6 Å². The van der Waals surface area contributed by atoms with E-state index in [0.717, 1.165) is 18.8 Å². The standard InChI is InChI=1S/C23H26Cl3N3O3S/c24-19-4-1-5-20(14-19)27-9-11-28(12-10-27)23(30)18-3-2-8-29(15-18)33(31,32)16-17-6-7-21(25)22(26)13-17/h1,4-7,13-14,18H,2-3,8-12,15-16H2/t18-/m1/s1. The van der Waals surface area contributed by atoms with E-state index in [1.54, 1.807) is 18.2 Å². The van der Waals surface area contributed by atoms with Gasteiger partial charge in [-0.05, 0) is 48.7 Å². The minimum Gasteiger partial charge on any atom is -0.368 e. The maximum atomic E-state index is 13.2. The molecule has 33 heavy (non-hydrogen) atoms. The third kappa shape index (κ3) is 5.95. The van der Waals surface area contributed by atoms with Gasteiger partial charge in [0.1, 0.15) is 0 Å².